The lowest BCUT2D eigenvalue weighted by molar-refractivity contribution is -0.155. The van der Waals surface area contributed by atoms with E-state index >= 15 is 0 Å². The van der Waals surface area contributed by atoms with Crippen LogP contribution in [0.2, 0.25) is 10.0 Å². The van der Waals surface area contributed by atoms with Crippen molar-refractivity contribution < 1.29 is 19.1 Å². The summed E-state index contributed by atoms with van der Waals surface area (Å²) in [5.41, 5.74) is 0.269. The van der Waals surface area contributed by atoms with E-state index in [4.69, 9.17) is 27.9 Å². The van der Waals surface area contributed by atoms with Gasteiger partial charge in [0, 0.05) is 12.2 Å². The van der Waals surface area contributed by atoms with Crippen LogP contribution in [0.3, 0.4) is 0 Å². The highest BCUT2D eigenvalue weighted by Crippen LogP contribution is 2.47. The molecule has 9 heteroatoms. The van der Waals surface area contributed by atoms with Crippen LogP contribution in [0.1, 0.15) is 19.8 Å². The molecule has 2 saturated heterocycles. The number of carbonyl (C=O) groups excluding carboxylic acids is 3. The van der Waals surface area contributed by atoms with Crippen LogP contribution in [0.25, 0.3) is 0 Å². The van der Waals surface area contributed by atoms with E-state index in [1.165, 1.54) is 0 Å². The van der Waals surface area contributed by atoms with Crippen LogP contribution in [-0.4, -0.2) is 46.0 Å². The molecule has 1 aromatic carbocycles. The molecule has 2 heterocycles. The summed E-state index contributed by atoms with van der Waals surface area (Å²) < 4.78 is 5.10. The fourth-order valence-corrected chi connectivity index (χ4v) is 4.93. The highest BCUT2D eigenvalue weighted by Gasteiger charge is 2.53. The predicted molar refractivity (Wildman–Crippen MR) is 96.8 cm³/mol. The third-order valence-corrected chi connectivity index (χ3v) is 6.42. The van der Waals surface area contributed by atoms with E-state index in [0.717, 1.165) is 0 Å². The van der Waals surface area contributed by atoms with Crippen LogP contribution >= 0.6 is 35.0 Å². The number of nitrogens with zero attached hydrogens (tertiary/aromatic N) is 1. The van der Waals surface area contributed by atoms with Gasteiger partial charge in [-0.3, -0.25) is 9.59 Å². The first-order chi connectivity index (χ1) is 11.8. The Kier molecular flexibility index (Phi) is 5.18. The standard InChI is InChI=1S/C16H16Cl2N2O4S/c1-16-6-5-13(22)20(16)11(8-25-16)15(23)24-7-12(21)19-14-9(17)3-2-4-10(14)18/h2-4,11H,5-8H2,1H3,(H,19,21)/t11-,16-/m1/s1. The van der Waals surface area contributed by atoms with Crippen molar-refractivity contribution in [3.8, 4) is 0 Å². The summed E-state index contributed by atoms with van der Waals surface area (Å²) in [6, 6.07) is 4.18. The fraction of sp³-hybridized carbons (Fsp3) is 0.438. The van der Waals surface area contributed by atoms with Gasteiger partial charge < -0.3 is 15.0 Å². The molecule has 2 amide bonds. The number of hydrogen-bond donors (Lipinski definition) is 1. The van der Waals surface area contributed by atoms with Gasteiger partial charge in [-0.05, 0) is 25.5 Å². The van der Waals surface area contributed by atoms with Crippen molar-refractivity contribution in [2.24, 2.45) is 0 Å². The van der Waals surface area contributed by atoms with Gasteiger partial charge in [0.15, 0.2) is 6.61 Å². The van der Waals surface area contributed by atoms with Gasteiger partial charge in [-0.15, -0.1) is 11.8 Å². The highest BCUT2D eigenvalue weighted by molar-refractivity contribution is 8.01. The van der Waals surface area contributed by atoms with Gasteiger partial charge in [-0.2, -0.15) is 0 Å². The summed E-state index contributed by atoms with van der Waals surface area (Å²) in [5, 5.41) is 3.10. The molecule has 0 spiro atoms. The number of halogens is 2. The molecule has 2 atom stereocenters. The molecule has 2 aliphatic rings. The molecule has 0 unspecified atom stereocenters. The second-order valence-electron chi connectivity index (χ2n) is 6.02. The summed E-state index contributed by atoms with van der Waals surface area (Å²) in [5.74, 6) is -0.711. The average molecular weight is 403 g/mol. The first-order valence-electron chi connectivity index (χ1n) is 7.68. The van der Waals surface area contributed by atoms with E-state index in [9.17, 15) is 14.4 Å². The Bertz CT molecular complexity index is 725. The van der Waals surface area contributed by atoms with Crippen molar-refractivity contribution in [3.63, 3.8) is 0 Å². The number of hydrogen-bond acceptors (Lipinski definition) is 5. The molecule has 2 fully saturated rings. The minimum atomic E-state index is -0.651. The normalized spacial score (nSPS) is 25.0. The number of fused-ring (bicyclic) bond motifs is 1. The molecule has 134 valence electrons. The summed E-state index contributed by atoms with van der Waals surface area (Å²) in [7, 11) is 0. The number of ether oxygens (including phenoxy) is 1. The first-order valence-corrected chi connectivity index (χ1v) is 9.42. The maximum atomic E-state index is 12.3. The van der Waals surface area contributed by atoms with Crippen LogP contribution < -0.4 is 5.32 Å². The molecule has 1 N–H and O–H groups in total. The van der Waals surface area contributed by atoms with Crippen LogP contribution in [0.4, 0.5) is 5.69 Å². The Morgan fingerprint density at radius 1 is 1.40 bits per heavy atom. The fourth-order valence-electron chi connectivity index (χ4n) is 3.02. The number of benzene rings is 1. The predicted octanol–water partition coefficient (Wildman–Crippen LogP) is 2.93. The van der Waals surface area contributed by atoms with Crippen molar-refractivity contribution in [1.82, 2.24) is 4.90 Å². The molecular formula is C16H16Cl2N2O4S. The lowest BCUT2D eigenvalue weighted by Crippen LogP contribution is -2.47. The maximum absolute atomic E-state index is 12.3. The minimum Gasteiger partial charge on any atom is -0.454 e. The van der Waals surface area contributed by atoms with Crippen LogP contribution in [0.15, 0.2) is 18.2 Å². The van der Waals surface area contributed by atoms with E-state index in [1.807, 2.05) is 6.92 Å². The summed E-state index contributed by atoms with van der Waals surface area (Å²) in [6.07, 6.45) is 1.14. The van der Waals surface area contributed by atoms with E-state index in [0.29, 0.717) is 18.6 Å². The lowest BCUT2D eigenvalue weighted by atomic mass is 10.2. The molecular weight excluding hydrogens is 387 g/mol. The first kappa shape index (κ1) is 18.4. The Morgan fingerprint density at radius 2 is 2.08 bits per heavy atom. The molecule has 0 bridgehead atoms. The Morgan fingerprint density at radius 3 is 2.76 bits per heavy atom. The number of nitrogens with one attached hydrogen (secondary N) is 1. The van der Waals surface area contributed by atoms with Gasteiger partial charge in [0.1, 0.15) is 6.04 Å². The van der Waals surface area contributed by atoms with E-state index in [2.05, 4.69) is 5.32 Å². The zero-order valence-corrected chi connectivity index (χ0v) is 15.7. The van der Waals surface area contributed by atoms with Crippen molar-refractivity contribution in [1.29, 1.82) is 0 Å². The number of anilines is 1. The zero-order valence-electron chi connectivity index (χ0n) is 13.4. The van der Waals surface area contributed by atoms with Crippen molar-refractivity contribution in [2.45, 2.75) is 30.7 Å². The van der Waals surface area contributed by atoms with Gasteiger partial charge in [0.2, 0.25) is 5.91 Å². The topological polar surface area (TPSA) is 75.7 Å². The van der Waals surface area contributed by atoms with E-state index in [1.54, 1.807) is 34.9 Å². The SMILES string of the molecule is C[C@@]12CCC(=O)N1[C@@H](C(=O)OCC(=O)Nc1c(Cl)cccc1Cl)CS2. The van der Waals surface area contributed by atoms with E-state index < -0.39 is 24.5 Å². The van der Waals surface area contributed by atoms with Crippen molar-refractivity contribution >= 4 is 58.4 Å². The van der Waals surface area contributed by atoms with Gasteiger partial charge in [0.05, 0.1) is 20.6 Å². The zero-order chi connectivity index (χ0) is 18.2. The van der Waals surface area contributed by atoms with Crippen LogP contribution in [0.5, 0.6) is 0 Å². The number of thioether (sulfide) groups is 1. The molecule has 0 aromatic heterocycles. The number of esters is 1. The van der Waals surface area contributed by atoms with Crippen LogP contribution in [-0.2, 0) is 19.1 Å². The van der Waals surface area contributed by atoms with Crippen molar-refractivity contribution in [3.05, 3.63) is 28.2 Å². The Labute approximate surface area is 159 Å². The third-order valence-electron chi connectivity index (χ3n) is 4.29. The summed E-state index contributed by atoms with van der Waals surface area (Å²) >= 11 is 13.5. The van der Waals surface area contributed by atoms with Gasteiger partial charge in [-0.25, -0.2) is 4.79 Å². The van der Waals surface area contributed by atoms with Gasteiger partial charge in [-0.1, -0.05) is 29.3 Å². The largest absolute Gasteiger partial charge is 0.454 e. The minimum absolute atomic E-state index is 0.0539. The second kappa shape index (κ2) is 7.05. The monoisotopic (exact) mass is 402 g/mol. The number of carbonyl (C=O) groups is 3. The molecule has 6 nitrogen and oxygen atoms in total. The molecule has 0 aliphatic carbocycles. The van der Waals surface area contributed by atoms with Crippen LogP contribution in [0, 0.1) is 0 Å². The average Bonchev–Trinajstić information content (AvgIpc) is 3.05. The molecule has 3 rings (SSSR count). The lowest BCUT2D eigenvalue weighted by Gasteiger charge is -2.29. The third kappa shape index (κ3) is 3.59. The number of para-hydroxylation sites is 1. The molecule has 1 aromatic rings. The number of rotatable bonds is 4. The molecule has 0 radical (unpaired) electrons. The van der Waals surface area contributed by atoms with E-state index in [-0.39, 0.29) is 26.5 Å². The molecule has 25 heavy (non-hydrogen) atoms. The molecule has 2 aliphatic heterocycles. The second-order valence-corrected chi connectivity index (χ2v) is 8.33. The Hall–Kier alpha value is -1.44. The van der Waals surface area contributed by atoms with Gasteiger partial charge >= 0.3 is 5.97 Å². The Balaban J connectivity index is 1.58. The summed E-state index contributed by atoms with van der Waals surface area (Å²) in [4.78, 5) is 37.6. The van der Waals surface area contributed by atoms with Crippen molar-refractivity contribution in [2.75, 3.05) is 17.7 Å². The summed E-state index contributed by atoms with van der Waals surface area (Å²) in [6.45, 7) is 1.47. The smallest absolute Gasteiger partial charge is 0.330 e. The highest BCUT2D eigenvalue weighted by atomic mass is 35.5. The quantitative estimate of drug-likeness (QED) is 0.783. The maximum Gasteiger partial charge on any atom is 0.330 e. The molecule has 0 saturated carbocycles. The number of amides is 2. The van der Waals surface area contributed by atoms with Gasteiger partial charge in [0.25, 0.3) is 5.91 Å².